The van der Waals surface area contributed by atoms with Crippen LogP contribution in [0.2, 0.25) is 0 Å². The molecule has 13 heavy (non-hydrogen) atoms. The summed E-state index contributed by atoms with van der Waals surface area (Å²) in [6, 6.07) is 0.191. The second-order valence-electron chi connectivity index (χ2n) is 3.85. The van der Waals surface area contributed by atoms with Crippen LogP contribution in [0.5, 0.6) is 0 Å². The SMILES string of the molecule is CCCS(=O)(=O)CC(NC)C1CC1. The minimum absolute atomic E-state index is 0.191. The fourth-order valence-electron chi connectivity index (χ4n) is 1.62. The van der Waals surface area contributed by atoms with Crippen LogP contribution in [0.4, 0.5) is 0 Å². The van der Waals surface area contributed by atoms with E-state index >= 15 is 0 Å². The summed E-state index contributed by atoms with van der Waals surface area (Å²) in [5, 5.41) is 3.10. The van der Waals surface area contributed by atoms with Gasteiger partial charge >= 0.3 is 0 Å². The standard InChI is InChI=1S/C9H19NO2S/c1-3-6-13(11,12)7-9(10-2)8-4-5-8/h8-10H,3-7H2,1-2H3. The average molecular weight is 205 g/mol. The van der Waals surface area contributed by atoms with Crippen molar-refractivity contribution in [3.63, 3.8) is 0 Å². The fraction of sp³-hybridized carbons (Fsp3) is 1.00. The third-order valence-electron chi connectivity index (χ3n) is 2.51. The maximum absolute atomic E-state index is 11.5. The molecular weight excluding hydrogens is 186 g/mol. The predicted molar refractivity (Wildman–Crippen MR) is 54.5 cm³/mol. The summed E-state index contributed by atoms with van der Waals surface area (Å²) in [5.41, 5.74) is 0. The largest absolute Gasteiger partial charge is 0.316 e. The highest BCUT2D eigenvalue weighted by Gasteiger charge is 2.32. The lowest BCUT2D eigenvalue weighted by atomic mass is 10.2. The van der Waals surface area contributed by atoms with Crippen LogP contribution in [0.1, 0.15) is 26.2 Å². The Labute approximate surface area is 80.8 Å². The van der Waals surface area contributed by atoms with E-state index in [0.29, 0.717) is 17.4 Å². The quantitative estimate of drug-likeness (QED) is 0.698. The molecule has 0 aromatic heterocycles. The molecule has 1 unspecified atom stereocenters. The molecule has 0 heterocycles. The number of rotatable bonds is 6. The molecule has 1 N–H and O–H groups in total. The topological polar surface area (TPSA) is 46.2 Å². The van der Waals surface area contributed by atoms with E-state index in [1.54, 1.807) is 0 Å². The van der Waals surface area contributed by atoms with Crippen molar-refractivity contribution in [3.8, 4) is 0 Å². The van der Waals surface area contributed by atoms with E-state index in [0.717, 1.165) is 6.42 Å². The van der Waals surface area contributed by atoms with Crippen LogP contribution in [-0.4, -0.2) is 33.0 Å². The number of sulfone groups is 1. The van der Waals surface area contributed by atoms with Gasteiger partial charge in [-0.1, -0.05) is 6.92 Å². The molecule has 0 bridgehead atoms. The first-order chi connectivity index (χ1) is 6.09. The zero-order valence-corrected chi connectivity index (χ0v) is 9.23. The second kappa shape index (κ2) is 4.42. The minimum atomic E-state index is -2.81. The average Bonchev–Trinajstić information content (AvgIpc) is 2.82. The van der Waals surface area contributed by atoms with Crippen LogP contribution in [0, 0.1) is 5.92 Å². The van der Waals surface area contributed by atoms with E-state index in [4.69, 9.17) is 0 Å². The monoisotopic (exact) mass is 205 g/mol. The zero-order chi connectivity index (χ0) is 9.90. The Morgan fingerprint density at radius 3 is 2.46 bits per heavy atom. The van der Waals surface area contributed by atoms with Gasteiger partial charge in [-0.3, -0.25) is 0 Å². The predicted octanol–water partition coefficient (Wildman–Crippen LogP) is 0.809. The van der Waals surface area contributed by atoms with Crippen LogP contribution in [0.25, 0.3) is 0 Å². The zero-order valence-electron chi connectivity index (χ0n) is 8.41. The number of hydrogen-bond acceptors (Lipinski definition) is 3. The summed E-state index contributed by atoms with van der Waals surface area (Å²) in [6.07, 6.45) is 3.10. The highest BCUT2D eigenvalue weighted by atomic mass is 32.2. The lowest BCUT2D eigenvalue weighted by molar-refractivity contribution is 0.527. The Hall–Kier alpha value is -0.0900. The lowest BCUT2D eigenvalue weighted by Crippen LogP contribution is -2.35. The lowest BCUT2D eigenvalue weighted by Gasteiger charge is -2.14. The van der Waals surface area contributed by atoms with Gasteiger partial charge in [-0.15, -0.1) is 0 Å². The van der Waals surface area contributed by atoms with E-state index in [-0.39, 0.29) is 6.04 Å². The first-order valence-corrected chi connectivity index (χ1v) is 6.79. The summed E-state index contributed by atoms with van der Waals surface area (Å²) < 4.78 is 23.0. The molecule has 78 valence electrons. The van der Waals surface area contributed by atoms with Gasteiger partial charge in [0.2, 0.25) is 0 Å². The van der Waals surface area contributed by atoms with Gasteiger partial charge in [0.15, 0.2) is 9.84 Å². The number of hydrogen-bond donors (Lipinski definition) is 1. The molecule has 0 aromatic rings. The summed E-state index contributed by atoms with van der Waals surface area (Å²) in [7, 11) is -0.959. The molecule has 0 saturated heterocycles. The van der Waals surface area contributed by atoms with Gasteiger partial charge in [-0.25, -0.2) is 8.42 Å². The molecule has 1 fully saturated rings. The molecule has 0 aliphatic heterocycles. The van der Waals surface area contributed by atoms with Crippen molar-refractivity contribution < 1.29 is 8.42 Å². The first kappa shape index (κ1) is 11.0. The van der Waals surface area contributed by atoms with Crippen molar-refractivity contribution in [2.75, 3.05) is 18.6 Å². The third kappa shape index (κ3) is 3.65. The molecule has 0 spiro atoms. The van der Waals surface area contributed by atoms with Crippen molar-refractivity contribution in [2.45, 2.75) is 32.2 Å². The smallest absolute Gasteiger partial charge is 0.151 e. The van der Waals surface area contributed by atoms with E-state index in [1.807, 2.05) is 14.0 Å². The summed E-state index contributed by atoms with van der Waals surface area (Å²) in [6.45, 7) is 1.91. The van der Waals surface area contributed by atoms with Crippen molar-refractivity contribution in [1.29, 1.82) is 0 Å². The normalized spacial score (nSPS) is 20.2. The molecular formula is C9H19NO2S. The molecule has 1 saturated carbocycles. The maximum Gasteiger partial charge on any atom is 0.151 e. The third-order valence-corrected chi connectivity index (χ3v) is 4.41. The second-order valence-corrected chi connectivity index (χ2v) is 6.08. The van der Waals surface area contributed by atoms with Crippen LogP contribution in [-0.2, 0) is 9.84 Å². The Bertz CT molecular complexity index is 244. The van der Waals surface area contributed by atoms with Crippen molar-refractivity contribution in [1.82, 2.24) is 5.32 Å². The van der Waals surface area contributed by atoms with E-state index in [2.05, 4.69) is 5.32 Å². The van der Waals surface area contributed by atoms with Crippen molar-refractivity contribution in [3.05, 3.63) is 0 Å². The van der Waals surface area contributed by atoms with Crippen LogP contribution < -0.4 is 5.32 Å². The van der Waals surface area contributed by atoms with Crippen LogP contribution in [0.15, 0.2) is 0 Å². The number of nitrogens with one attached hydrogen (secondary N) is 1. The molecule has 1 aliphatic rings. The van der Waals surface area contributed by atoms with Crippen molar-refractivity contribution >= 4 is 9.84 Å². The van der Waals surface area contributed by atoms with Crippen molar-refractivity contribution in [2.24, 2.45) is 5.92 Å². The summed E-state index contributed by atoms with van der Waals surface area (Å²) >= 11 is 0. The van der Waals surface area contributed by atoms with Gasteiger partial charge in [0.05, 0.1) is 5.75 Å². The molecule has 0 radical (unpaired) electrons. The molecule has 0 amide bonds. The van der Waals surface area contributed by atoms with E-state index < -0.39 is 9.84 Å². The summed E-state index contributed by atoms with van der Waals surface area (Å²) in [4.78, 5) is 0. The van der Waals surface area contributed by atoms with Gasteiger partial charge in [0.25, 0.3) is 0 Å². The highest BCUT2D eigenvalue weighted by molar-refractivity contribution is 7.91. The first-order valence-electron chi connectivity index (χ1n) is 4.96. The minimum Gasteiger partial charge on any atom is -0.316 e. The van der Waals surface area contributed by atoms with Gasteiger partial charge in [-0.05, 0) is 32.2 Å². The molecule has 4 heteroatoms. The Morgan fingerprint density at radius 1 is 1.46 bits per heavy atom. The molecule has 1 aliphatic carbocycles. The van der Waals surface area contributed by atoms with Crippen LogP contribution in [0.3, 0.4) is 0 Å². The molecule has 0 aromatic carbocycles. The van der Waals surface area contributed by atoms with Gasteiger partial charge in [-0.2, -0.15) is 0 Å². The summed E-state index contributed by atoms with van der Waals surface area (Å²) in [5.74, 6) is 1.26. The highest BCUT2D eigenvalue weighted by Crippen LogP contribution is 2.33. The maximum atomic E-state index is 11.5. The molecule has 1 rings (SSSR count). The van der Waals surface area contributed by atoms with Crippen LogP contribution >= 0.6 is 0 Å². The van der Waals surface area contributed by atoms with Gasteiger partial charge in [0, 0.05) is 11.8 Å². The van der Waals surface area contributed by atoms with E-state index in [9.17, 15) is 8.42 Å². The van der Waals surface area contributed by atoms with Gasteiger partial charge in [0.1, 0.15) is 0 Å². The Balaban J connectivity index is 2.44. The van der Waals surface area contributed by atoms with E-state index in [1.165, 1.54) is 12.8 Å². The van der Waals surface area contributed by atoms with Gasteiger partial charge < -0.3 is 5.32 Å². The molecule has 1 atom stereocenters. The fourth-order valence-corrected chi connectivity index (χ4v) is 3.40. The Kier molecular flexibility index (Phi) is 3.74. The molecule has 3 nitrogen and oxygen atoms in total. The Morgan fingerprint density at radius 2 is 2.08 bits per heavy atom.